The number of aromatic nitrogens is 2. The van der Waals surface area contributed by atoms with E-state index in [1.54, 1.807) is 6.92 Å². The van der Waals surface area contributed by atoms with Crippen molar-refractivity contribution in [3.63, 3.8) is 0 Å². The lowest BCUT2D eigenvalue weighted by atomic mass is 10.2. The minimum Gasteiger partial charge on any atom is -0.498 e. The number of aromatic hydroxyl groups is 1. The van der Waals surface area contributed by atoms with Crippen LogP contribution in [0.5, 0.6) is 5.06 Å². The highest BCUT2D eigenvalue weighted by atomic mass is 32.1. The van der Waals surface area contributed by atoms with Gasteiger partial charge in [0.05, 0.1) is 5.69 Å². The molecular formula is C12H10N2O2S. The Morgan fingerprint density at radius 3 is 2.76 bits per heavy atom. The van der Waals surface area contributed by atoms with E-state index in [0.717, 1.165) is 21.7 Å². The summed E-state index contributed by atoms with van der Waals surface area (Å²) in [5.41, 5.74) is 3.16. The number of nitrogens with zero attached hydrogens (tertiary/aromatic N) is 2. The van der Waals surface area contributed by atoms with E-state index in [0.29, 0.717) is 11.6 Å². The quantitative estimate of drug-likeness (QED) is 0.715. The molecule has 1 N–H and O–H groups in total. The zero-order chi connectivity index (χ0) is 12.0. The van der Waals surface area contributed by atoms with Gasteiger partial charge in [-0.1, -0.05) is 11.3 Å². The summed E-state index contributed by atoms with van der Waals surface area (Å²) < 4.78 is 5.47. The molecule has 0 spiro atoms. The van der Waals surface area contributed by atoms with Gasteiger partial charge in [0.2, 0.25) is 0 Å². The molecule has 0 saturated carbocycles. The summed E-state index contributed by atoms with van der Waals surface area (Å²) in [6.07, 6.45) is 0. The Bertz CT molecular complexity index is 680. The summed E-state index contributed by atoms with van der Waals surface area (Å²) in [6, 6.07) is 5.73. The Morgan fingerprint density at radius 1 is 1.24 bits per heavy atom. The van der Waals surface area contributed by atoms with E-state index in [-0.39, 0.29) is 5.06 Å². The highest BCUT2D eigenvalue weighted by Gasteiger charge is 2.10. The fraction of sp³-hybridized carbons (Fsp3) is 0.167. The number of thiazole rings is 1. The van der Waals surface area contributed by atoms with Gasteiger partial charge in [0, 0.05) is 12.5 Å². The third kappa shape index (κ3) is 1.68. The summed E-state index contributed by atoms with van der Waals surface area (Å²) >= 11 is 1.27. The van der Waals surface area contributed by atoms with Gasteiger partial charge in [-0.15, -0.1) is 0 Å². The van der Waals surface area contributed by atoms with Gasteiger partial charge in [0.25, 0.3) is 0 Å². The highest BCUT2D eigenvalue weighted by molar-refractivity contribution is 7.16. The first-order chi connectivity index (χ1) is 8.13. The predicted octanol–water partition coefficient (Wildman–Crippen LogP) is 3.27. The maximum Gasteiger partial charge on any atom is 0.195 e. The molecule has 3 rings (SSSR count). The zero-order valence-electron chi connectivity index (χ0n) is 9.39. The van der Waals surface area contributed by atoms with Crippen LogP contribution in [-0.4, -0.2) is 15.1 Å². The van der Waals surface area contributed by atoms with Crippen molar-refractivity contribution >= 4 is 22.4 Å². The normalized spacial score (nSPS) is 11.2. The van der Waals surface area contributed by atoms with Gasteiger partial charge < -0.3 is 9.52 Å². The summed E-state index contributed by atoms with van der Waals surface area (Å²) in [6.45, 7) is 3.60. The number of benzene rings is 1. The van der Waals surface area contributed by atoms with Crippen molar-refractivity contribution in [1.29, 1.82) is 0 Å². The minimum atomic E-state index is 0.258. The van der Waals surface area contributed by atoms with Gasteiger partial charge in [-0.2, -0.15) is 0 Å². The third-order valence-corrected chi connectivity index (χ3v) is 3.52. The van der Waals surface area contributed by atoms with Gasteiger partial charge in [-0.25, -0.2) is 9.97 Å². The molecule has 0 radical (unpaired) electrons. The van der Waals surface area contributed by atoms with Crippen molar-refractivity contribution in [3.8, 4) is 15.6 Å². The van der Waals surface area contributed by atoms with Gasteiger partial charge in [0.1, 0.15) is 10.5 Å². The fourth-order valence-corrected chi connectivity index (χ4v) is 2.49. The largest absolute Gasteiger partial charge is 0.498 e. The van der Waals surface area contributed by atoms with E-state index >= 15 is 0 Å². The lowest BCUT2D eigenvalue weighted by Gasteiger charge is -1.94. The van der Waals surface area contributed by atoms with E-state index in [1.807, 2.05) is 25.1 Å². The molecule has 0 aliphatic carbocycles. The van der Waals surface area contributed by atoms with Crippen LogP contribution in [0, 0.1) is 13.8 Å². The van der Waals surface area contributed by atoms with E-state index in [4.69, 9.17) is 4.42 Å². The van der Waals surface area contributed by atoms with Gasteiger partial charge in [0.15, 0.2) is 16.5 Å². The standard InChI is InChI=1S/C12H10N2O2S/c1-6-12(15)17-11(13-6)8-3-4-9-10(5-8)16-7(2)14-9/h3-5,15H,1-2H3. The molecule has 2 aromatic heterocycles. The Kier molecular flexibility index (Phi) is 2.16. The Labute approximate surface area is 102 Å². The number of oxazole rings is 1. The van der Waals surface area contributed by atoms with E-state index in [1.165, 1.54) is 11.3 Å². The van der Waals surface area contributed by atoms with Gasteiger partial charge in [-0.3, -0.25) is 0 Å². The van der Waals surface area contributed by atoms with Crippen LogP contribution < -0.4 is 0 Å². The second-order valence-electron chi connectivity index (χ2n) is 3.82. The molecule has 5 heteroatoms. The summed E-state index contributed by atoms with van der Waals surface area (Å²) in [7, 11) is 0. The first-order valence-electron chi connectivity index (χ1n) is 5.17. The molecule has 3 aromatic rings. The number of hydrogen-bond acceptors (Lipinski definition) is 5. The molecule has 0 fully saturated rings. The van der Waals surface area contributed by atoms with Crippen LogP contribution in [0.4, 0.5) is 0 Å². The number of fused-ring (bicyclic) bond motifs is 1. The lowest BCUT2D eigenvalue weighted by molar-refractivity contribution is 0.485. The van der Waals surface area contributed by atoms with Crippen molar-refractivity contribution in [1.82, 2.24) is 9.97 Å². The lowest BCUT2D eigenvalue weighted by Crippen LogP contribution is -1.77. The van der Waals surface area contributed by atoms with Crippen LogP contribution in [0.25, 0.3) is 21.7 Å². The molecule has 0 atom stereocenters. The Hall–Kier alpha value is -1.88. The molecule has 0 saturated heterocycles. The Morgan fingerprint density at radius 2 is 2.06 bits per heavy atom. The topological polar surface area (TPSA) is 59.2 Å². The zero-order valence-corrected chi connectivity index (χ0v) is 10.2. The molecule has 2 heterocycles. The molecule has 0 unspecified atom stereocenters. The molecular weight excluding hydrogens is 236 g/mol. The smallest absolute Gasteiger partial charge is 0.195 e. The average molecular weight is 246 g/mol. The van der Waals surface area contributed by atoms with Crippen molar-refractivity contribution in [2.24, 2.45) is 0 Å². The minimum absolute atomic E-state index is 0.258. The van der Waals surface area contributed by atoms with E-state index < -0.39 is 0 Å². The highest BCUT2D eigenvalue weighted by Crippen LogP contribution is 2.33. The van der Waals surface area contributed by atoms with E-state index in [2.05, 4.69) is 9.97 Å². The monoisotopic (exact) mass is 246 g/mol. The van der Waals surface area contributed by atoms with Gasteiger partial charge in [-0.05, 0) is 25.1 Å². The molecule has 0 bridgehead atoms. The van der Waals surface area contributed by atoms with Crippen LogP contribution in [0.3, 0.4) is 0 Å². The molecule has 0 aliphatic heterocycles. The van der Waals surface area contributed by atoms with Crippen molar-refractivity contribution < 1.29 is 9.52 Å². The molecule has 17 heavy (non-hydrogen) atoms. The first kappa shape index (κ1) is 10.3. The third-order valence-electron chi connectivity index (χ3n) is 2.51. The number of hydrogen-bond donors (Lipinski definition) is 1. The van der Waals surface area contributed by atoms with E-state index in [9.17, 15) is 5.11 Å². The molecule has 86 valence electrons. The maximum atomic E-state index is 9.54. The number of aryl methyl sites for hydroxylation is 2. The van der Waals surface area contributed by atoms with Gasteiger partial charge >= 0.3 is 0 Å². The predicted molar refractivity (Wildman–Crippen MR) is 66.3 cm³/mol. The Balaban J connectivity index is 2.16. The SMILES string of the molecule is Cc1nc2ccc(-c3nc(C)c(O)s3)cc2o1. The van der Waals surface area contributed by atoms with Crippen LogP contribution in [0.15, 0.2) is 22.6 Å². The number of rotatable bonds is 1. The average Bonchev–Trinajstić information content (AvgIpc) is 2.80. The summed E-state index contributed by atoms with van der Waals surface area (Å²) in [5, 5.41) is 10.6. The molecule has 4 nitrogen and oxygen atoms in total. The fourth-order valence-electron chi connectivity index (χ4n) is 1.68. The maximum absolute atomic E-state index is 9.54. The molecule has 0 amide bonds. The summed E-state index contributed by atoms with van der Waals surface area (Å²) in [4.78, 5) is 8.54. The molecule has 0 aliphatic rings. The van der Waals surface area contributed by atoms with Crippen molar-refractivity contribution in [2.45, 2.75) is 13.8 Å². The second-order valence-corrected chi connectivity index (χ2v) is 4.80. The van der Waals surface area contributed by atoms with Crippen LogP contribution in [-0.2, 0) is 0 Å². The molecule has 1 aromatic carbocycles. The van der Waals surface area contributed by atoms with Crippen LogP contribution in [0.2, 0.25) is 0 Å². The van der Waals surface area contributed by atoms with Crippen molar-refractivity contribution in [3.05, 3.63) is 29.8 Å². The van der Waals surface area contributed by atoms with Crippen LogP contribution in [0.1, 0.15) is 11.6 Å². The summed E-state index contributed by atoms with van der Waals surface area (Å²) in [5.74, 6) is 0.648. The van der Waals surface area contributed by atoms with Crippen LogP contribution >= 0.6 is 11.3 Å². The van der Waals surface area contributed by atoms with Crippen molar-refractivity contribution in [2.75, 3.05) is 0 Å². The first-order valence-corrected chi connectivity index (χ1v) is 5.99. The second kappa shape index (κ2) is 3.56.